The second-order valence-corrected chi connectivity index (χ2v) is 8.33. The van der Waals surface area contributed by atoms with Crippen molar-refractivity contribution in [3.05, 3.63) is 41.1 Å². The van der Waals surface area contributed by atoms with Crippen molar-refractivity contribution in [1.29, 1.82) is 0 Å². The molecular formula is C16H18F3N3O3S. The molecule has 0 N–H and O–H groups in total. The fourth-order valence-electron chi connectivity index (χ4n) is 2.90. The third-order valence-corrected chi connectivity index (χ3v) is 6.39. The maximum absolute atomic E-state index is 12.9. The lowest BCUT2D eigenvalue weighted by Gasteiger charge is -2.30. The second kappa shape index (κ2) is 6.66. The van der Waals surface area contributed by atoms with Crippen molar-refractivity contribution in [3.63, 3.8) is 0 Å². The van der Waals surface area contributed by atoms with Gasteiger partial charge in [-0.3, -0.25) is 0 Å². The van der Waals surface area contributed by atoms with Crippen LogP contribution in [0.5, 0.6) is 0 Å². The molecular weight excluding hydrogens is 371 g/mol. The lowest BCUT2D eigenvalue weighted by Crippen LogP contribution is -2.39. The molecule has 1 aliphatic heterocycles. The van der Waals surface area contributed by atoms with Gasteiger partial charge in [-0.15, -0.1) is 10.2 Å². The number of hydrogen-bond acceptors (Lipinski definition) is 5. The third-order valence-electron chi connectivity index (χ3n) is 4.53. The average Bonchev–Trinajstić information content (AvgIpc) is 3.08. The first-order chi connectivity index (χ1) is 12.1. The monoisotopic (exact) mass is 389 g/mol. The van der Waals surface area contributed by atoms with Crippen molar-refractivity contribution < 1.29 is 26.0 Å². The molecule has 1 aliphatic rings. The number of nitrogens with zero attached hydrogens (tertiary/aromatic N) is 3. The summed E-state index contributed by atoms with van der Waals surface area (Å²) in [6.45, 7) is 4.02. The number of piperidine rings is 1. The molecule has 1 atom stereocenters. The Hall–Kier alpha value is -1.94. The van der Waals surface area contributed by atoms with E-state index in [2.05, 4.69) is 10.2 Å². The molecule has 26 heavy (non-hydrogen) atoms. The van der Waals surface area contributed by atoms with E-state index < -0.39 is 28.0 Å². The first-order valence-corrected chi connectivity index (χ1v) is 9.51. The number of hydrogen-bond donors (Lipinski definition) is 0. The van der Waals surface area contributed by atoms with E-state index >= 15 is 0 Å². The van der Waals surface area contributed by atoms with E-state index in [4.69, 9.17) is 4.42 Å². The van der Waals surface area contributed by atoms with Crippen molar-refractivity contribution in [2.24, 2.45) is 0 Å². The van der Waals surface area contributed by atoms with Gasteiger partial charge in [0, 0.05) is 13.1 Å². The number of aryl methyl sites for hydroxylation is 2. The number of rotatable bonds is 3. The zero-order chi connectivity index (χ0) is 19.1. The molecule has 2 heterocycles. The molecule has 1 aromatic carbocycles. The van der Waals surface area contributed by atoms with Crippen molar-refractivity contribution in [1.82, 2.24) is 14.5 Å². The van der Waals surface area contributed by atoms with Crippen LogP contribution in [0.3, 0.4) is 0 Å². The Kier molecular flexibility index (Phi) is 4.82. The van der Waals surface area contributed by atoms with Gasteiger partial charge in [0.05, 0.1) is 10.8 Å². The summed E-state index contributed by atoms with van der Waals surface area (Å²) in [4.78, 5) is 0.169. The Balaban J connectivity index is 1.83. The molecule has 0 radical (unpaired) electrons. The molecule has 1 saturated heterocycles. The maximum atomic E-state index is 12.9. The van der Waals surface area contributed by atoms with Crippen molar-refractivity contribution in [2.75, 3.05) is 13.1 Å². The molecule has 0 amide bonds. The smallest absolute Gasteiger partial charge is 0.417 e. The van der Waals surface area contributed by atoms with E-state index in [9.17, 15) is 21.6 Å². The van der Waals surface area contributed by atoms with Crippen LogP contribution in [-0.4, -0.2) is 36.0 Å². The molecule has 2 aromatic rings. The number of alkyl halides is 3. The summed E-state index contributed by atoms with van der Waals surface area (Å²) in [5.74, 6) is -2.16. The molecule has 0 saturated carbocycles. The maximum Gasteiger partial charge on any atom is 0.470 e. The predicted octanol–water partition coefficient (Wildman–Crippen LogP) is 3.27. The molecule has 0 bridgehead atoms. The minimum Gasteiger partial charge on any atom is -0.417 e. The second-order valence-electron chi connectivity index (χ2n) is 6.39. The summed E-state index contributed by atoms with van der Waals surface area (Å²) < 4.78 is 69.6. The van der Waals surface area contributed by atoms with Crippen LogP contribution in [0, 0.1) is 13.8 Å². The van der Waals surface area contributed by atoms with Crippen LogP contribution >= 0.6 is 0 Å². The van der Waals surface area contributed by atoms with Crippen molar-refractivity contribution >= 4 is 10.0 Å². The Bertz CT molecular complexity index is 909. The van der Waals surface area contributed by atoms with Gasteiger partial charge < -0.3 is 4.42 Å². The summed E-state index contributed by atoms with van der Waals surface area (Å²) in [6.07, 6.45) is -3.73. The highest BCUT2D eigenvalue weighted by molar-refractivity contribution is 7.89. The van der Waals surface area contributed by atoms with Crippen LogP contribution in [0.15, 0.2) is 27.5 Å². The minimum absolute atomic E-state index is 0.00868. The molecule has 10 heteroatoms. The van der Waals surface area contributed by atoms with Gasteiger partial charge in [-0.2, -0.15) is 17.5 Å². The summed E-state index contributed by atoms with van der Waals surface area (Å²) in [5, 5.41) is 6.48. The molecule has 6 nitrogen and oxygen atoms in total. The summed E-state index contributed by atoms with van der Waals surface area (Å²) in [5.41, 5.74) is 1.83. The first-order valence-electron chi connectivity index (χ1n) is 8.07. The number of benzene rings is 1. The average molecular weight is 389 g/mol. The van der Waals surface area contributed by atoms with E-state index in [1.54, 1.807) is 12.1 Å². The van der Waals surface area contributed by atoms with Crippen molar-refractivity contribution in [2.45, 2.75) is 43.7 Å². The standard InChI is InChI=1S/C16H18F3N3O3S/c1-10-5-6-13(8-11(10)2)26(23,24)22-7-3-4-12(9-22)14-20-21-15(25-14)16(17,18)19/h5-6,8,12H,3-4,7,9H2,1-2H3. The van der Waals surface area contributed by atoms with Crippen LogP contribution in [0.1, 0.15) is 41.7 Å². The van der Waals surface area contributed by atoms with Gasteiger partial charge in [0.1, 0.15) is 0 Å². The molecule has 1 unspecified atom stereocenters. The number of aromatic nitrogens is 2. The quantitative estimate of drug-likeness (QED) is 0.805. The van der Waals surface area contributed by atoms with Gasteiger partial charge in [0.2, 0.25) is 15.9 Å². The highest BCUT2D eigenvalue weighted by Crippen LogP contribution is 2.33. The molecule has 3 rings (SSSR count). The summed E-state index contributed by atoms with van der Waals surface area (Å²) >= 11 is 0. The van der Waals surface area contributed by atoms with E-state index in [-0.39, 0.29) is 17.3 Å². The Morgan fingerprint density at radius 2 is 1.92 bits per heavy atom. The van der Waals surface area contributed by atoms with Gasteiger partial charge >= 0.3 is 12.1 Å². The highest BCUT2D eigenvalue weighted by Gasteiger charge is 2.40. The number of halogens is 3. The lowest BCUT2D eigenvalue weighted by atomic mass is 10.00. The fourth-order valence-corrected chi connectivity index (χ4v) is 4.51. The van der Waals surface area contributed by atoms with Crippen LogP contribution in [0.2, 0.25) is 0 Å². The predicted molar refractivity (Wildman–Crippen MR) is 85.9 cm³/mol. The third kappa shape index (κ3) is 3.61. The van der Waals surface area contributed by atoms with Gasteiger partial charge in [-0.1, -0.05) is 6.07 Å². The summed E-state index contributed by atoms with van der Waals surface area (Å²) in [7, 11) is -3.74. The zero-order valence-electron chi connectivity index (χ0n) is 14.2. The SMILES string of the molecule is Cc1ccc(S(=O)(=O)N2CCCC(c3nnc(C(F)(F)F)o3)C2)cc1C. The molecule has 142 valence electrons. The Morgan fingerprint density at radius 3 is 2.54 bits per heavy atom. The highest BCUT2D eigenvalue weighted by atomic mass is 32.2. The topological polar surface area (TPSA) is 76.3 Å². The zero-order valence-corrected chi connectivity index (χ0v) is 15.1. The molecule has 0 spiro atoms. The Morgan fingerprint density at radius 1 is 1.19 bits per heavy atom. The van der Waals surface area contributed by atoms with E-state index in [1.807, 2.05) is 13.8 Å². The van der Waals surface area contributed by atoms with Gasteiger partial charge in [-0.25, -0.2) is 8.42 Å². The van der Waals surface area contributed by atoms with Crippen LogP contribution < -0.4 is 0 Å². The molecule has 1 aromatic heterocycles. The van der Waals surface area contributed by atoms with Crippen molar-refractivity contribution in [3.8, 4) is 0 Å². The fraction of sp³-hybridized carbons (Fsp3) is 0.500. The normalized spacial score (nSPS) is 19.7. The van der Waals surface area contributed by atoms with Gasteiger partial charge in [-0.05, 0) is 49.9 Å². The van der Waals surface area contributed by atoms with Crippen LogP contribution in [0.4, 0.5) is 13.2 Å². The van der Waals surface area contributed by atoms with E-state index in [1.165, 1.54) is 10.4 Å². The van der Waals surface area contributed by atoms with Gasteiger partial charge in [0.15, 0.2) is 0 Å². The number of sulfonamides is 1. The van der Waals surface area contributed by atoms with Crippen LogP contribution in [-0.2, 0) is 16.2 Å². The van der Waals surface area contributed by atoms with E-state index in [0.29, 0.717) is 19.4 Å². The largest absolute Gasteiger partial charge is 0.470 e. The Labute approximate surface area is 149 Å². The lowest BCUT2D eigenvalue weighted by molar-refractivity contribution is -0.157. The molecule has 0 aliphatic carbocycles. The van der Waals surface area contributed by atoms with Crippen LogP contribution in [0.25, 0.3) is 0 Å². The minimum atomic E-state index is -4.72. The van der Waals surface area contributed by atoms with Gasteiger partial charge in [0.25, 0.3) is 0 Å². The van der Waals surface area contributed by atoms with E-state index in [0.717, 1.165) is 11.1 Å². The summed E-state index contributed by atoms with van der Waals surface area (Å²) in [6, 6.07) is 4.87. The first kappa shape index (κ1) is 18.8. The molecule has 1 fully saturated rings.